The molecule has 0 bridgehead atoms. The molecule has 0 saturated carbocycles. The summed E-state index contributed by atoms with van der Waals surface area (Å²) in [7, 11) is 0. The molecule has 0 fully saturated rings. The lowest BCUT2D eigenvalue weighted by Crippen LogP contribution is -2.37. The molecule has 1 heterocycles. The summed E-state index contributed by atoms with van der Waals surface area (Å²) in [6.45, 7) is 6.13. The zero-order valence-corrected chi connectivity index (χ0v) is 12.5. The average molecular weight is 288 g/mol. The van der Waals surface area contributed by atoms with Gasteiger partial charge in [-0.25, -0.2) is 4.79 Å². The Morgan fingerprint density at radius 1 is 1.24 bits per heavy atom. The number of carbonyl (C=O) groups excluding carboxylic acids is 2. The molecule has 21 heavy (non-hydrogen) atoms. The summed E-state index contributed by atoms with van der Waals surface area (Å²) in [5, 5.41) is 3.67. The molecule has 1 amide bonds. The van der Waals surface area contributed by atoms with Crippen LogP contribution in [0.5, 0.6) is 0 Å². The number of hydrogen-bond acceptors (Lipinski definition) is 3. The van der Waals surface area contributed by atoms with Gasteiger partial charge in [-0.05, 0) is 25.0 Å². The molecule has 5 heteroatoms. The Labute approximate surface area is 123 Å². The highest BCUT2D eigenvalue weighted by Crippen LogP contribution is 2.15. The summed E-state index contributed by atoms with van der Waals surface area (Å²) < 4.78 is 5.18. The van der Waals surface area contributed by atoms with Crippen LogP contribution < -0.4 is 5.32 Å². The minimum Gasteiger partial charge on any atom is -0.448 e. The van der Waals surface area contributed by atoms with E-state index in [9.17, 15) is 9.59 Å². The number of nitrogens with one attached hydrogen (secondary N) is 2. The van der Waals surface area contributed by atoms with Crippen LogP contribution in [-0.4, -0.2) is 29.5 Å². The van der Waals surface area contributed by atoms with E-state index in [1.165, 1.54) is 0 Å². The number of aromatic nitrogens is 1. The topological polar surface area (TPSA) is 71.2 Å². The Balaban J connectivity index is 1.98. The first-order chi connectivity index (χ1) is 9.97. The normalized spacial score (nSPS) is 12.4. The van der Waals surface area contributed by atoms with Gasteiger partial charge in [-0.1, -0.05) is 32.0 Å². The van der Waals surface area contributed by atoms with Crippen LogP contribution in [0.2, 0.25) is 0 Å². The third-order valence-corrected chi connectivity index (χ3v) is 3.09. The number of ether oxygens (including phenoxy) is 1. The van der Waals surface area contributed by atoms with Crippen molar-refractivity contribution in [2.45, 2.75) is 26.9 Å². The van der Waals surface area contributed by atoms with E-state index < -0.39 is 12.1 Å². The molecule has 1 aromatic heterocycles. The lowest BCUT2D eigenvalue weighted by molar-refractivity contribution is -0.129. The molecule has 2 rings (SSSR count). The fraction of sp³-hybridized carbons (Fsp3) is 0.375. The maximum absolute atomic E-state index is 12.0. The highest BCUT2D eigenvalue weighted by atomic mass is 16.5. The zero-order chi connectivity index (χ0) is 15.4. The third-order valence-electron chi connectivity index (χ3n) is 3.09. The molecule has 0 saturated heterocycles. The molecule has 2 N–H and O–H groups in total. The summed E-state index contributed by atoms with van der Waals surface area (Å²) in [5.74, 6) is -0.461. The van der Waals surface area contributed by atoms with Crippen LogP contribution in [0.15, 0.2) is 30.3 Å². The average Bonchev–Trinajstić information content (AvgIpc) is 2.88. The molecular weight excluding hydrogens is 268 g/mol. The van der Waals surface area contributed by atoms with E-state index in [-0.39, 0.29) is 5.91 Å². The summed E-state index contributed by atoms with van der Waals surface area (Å²) in [6, 6.07) is 9.28. The van der Waals surface area contributed by atoms with Gasteiger partial charge in [0.05, 0.1) is 0 Å². The van der Waals surface area contributed by atoms with E-state index in [1.54, 1.807) is 13.0 Å². The van der Waals surface area contributed by atoms with Crippen LogP contribution in [0.25, 0.3) is 10.9 Å². The van der Waals surface area contributed by atoms with Crippen LogP contribution in [-0.2, 0) is 9.53 Å². The van der Waals surface area contributed by atoms with Gasteiger partial charge in [-0.15, -0.1) is 0 Å². The van der Waals surface area contributed by atoms with Crippen LogP contribution in [0.3, 0.4) is 0 Å². The van der Waals surface area contributed by atoms with Gasteiger partial charge >= 0.3 is 5.97 Å². The lowest BCUT2D eigenvalue weighted by atomic mass is 10.2. The van der Waals surface area contributed by atoms with Gasteiger partial charge in [-0.2, -0.15) is 0 Å². The Morgan fingerprint density at radius 2 is 1.95 bits per heavy atom. The predicted octanol–water partition coefficient (Wildman–Crippen LogP) is 2.49. The third kappa shape index (κ3) is 3.84. The van der Waals surface area contributed by atoms with Gasteiger partial charge in [0.2, 0.25) is 0 Å². The van der Waals surface area contributed by atoms with Crippen LogP contribution in [0, 0.1) is 5.92 Å². The first-order valence-corrected chi connectivity index (χ1v) is 7.04. The zero-order valence-electron chi connectivity index (χ0n) is 12.5. The van der Waals surface area contributed by atoms with E-state index in [0.717, 1.165) is 10.9 Å². The van der Waals surface area contributed by atoms with Crippen LogP contribution in [0.4, 0.5) is 0 Å². The van der Waals surface area contributed by atoms with Crippen molar-refractivity contribution in [2.75, 3.05) is 6.54 Å². The van der Waals surface area contributed by atoms with Crippen molar-refractivity contribution in [3.05, 3.63) is 36.0 Å². The summed E-state index contributed by atoms with van der Waals surface area (Å²) in [4.78, 5) is 26.8. The number of rotatable bonds is 5. The van der Waals surface area contributed by atoms with Crippen molar-refractivity contribution in [1.82, 2.24) is 10.3 Å². The summed E-state index contributed by atoms with van der Waals surface area (Å²) in [6.07, 6.45) is -0.817. The molecule has 2 aromatic rings. The van der Waals surface area contributed by atoms with Crippen molar-refractivity contribution in [2.24, 2.45) is 5.92 Å². The van der Waals surface area contributed by atoms with Gasteiger partial charge in [0.15, 0.2) is 6.10 Å². The summed E-state index contributed by atoms with van der Waals surface area (Å²) >= 11 is 0. The number of fused-ring (bicyclic) bond motifs is 1. The Morgan fingerprint density at radius 3 is 2.62 bits per heavy atom. The Hall–Kier alpha value is -2.30. The number of carbonyl (C=O) groups is 2. The second-order valence-corrected chi connectivity index (χ2v) is 5.46. The number of esters is 1. The number of hydrogen-bond donors (Lipinski definition) is 2. The van der Waals surface area contributed by atoms with Gasteiger partial charge in [0.25, 0.3) is 5.91 Å². The highest BCUT2D eigenvalue weighted by Gasteiger charge is 2.20. The molecule has 0 radical (unpaired) electrons. The number of para-hydroxylation sites is 1. The molecule has 1 atom stereocenters. The lowest BCUT2D eigenvalue weighted by Gasteiger charge is -2.14. The number of H-pyrrole nitrogens is 1. The molecule has 112 valence electrons. The highest BCUT2D eigenvalue weighted by molar-refractivity contribution is 5.96. The van der Waals surface area contributed by atoms with E-state index >= 15 is 0 Å². The number of amides is 1. The molecule has 5 nitrogen and oxygen atoms in total. The number of benzene rings is 1. The van der Waals surface area contributed by atoms with Crippen molar-refractivity contribution in [3.63, 3.8) is 0 Å². The smallest absolute Gasteiger partial charge is 0.355 e. The molecule has 0 aliphatic heterocycles. The maximum Gasteiger partial charge on any atom is 0.355 e. The predicted molar refractivity (Wildman–Crippen MR) is 81.0 cm³/mol. The monoisotopic (exact) mass is 288 g/mol. The largest absolute Gasteiger partial charge is 0.448 e. The molecular formula is C16H20N2O3. The first kappa shape index (κ1) is 15.1. The van der Waals surface area contributed by atoms with Gasteiger partial charge in [0.1, 0.15) is 5.69 Å². The quantitative estimate of drug-likeness (QED) is 0.830. The molecule has 0 aliphatic rings. The van der Waals surface area contributed by atoms with Crippen molar-refractivity contribution in [1.29, 1.82) is 0 Å². The van der Waals surface area contributed by atoms with Crippen molar-refractivity contribution < 1.29 is 14.3 Å². The van der Waals surface area contributed by atoms with Gasteiger partial charge < -0.3 is 15.0 Å². The fourth-order valence-corrected chi connectivity index (χ4v) is 1.91. The SMILES string of the molecule is CC(C)CNC(=O)C(C)OC(=O)c1cc2ccccc2[nH]1. The van der Waals surface area contributed by atoms with E-state index in [4.69, 9.17) is 4.74 Å². The second kappa shape index (κ2) is 6.43. The Kier molecular flexibility index (Phi) is 4.62. The molecule has 1 aromatic carbocycles. The summed E-state index contributed by atoms with van der Waals surface area (Å²) in [5.41, 5.74) is 1.21. The maximum atomic E-state index is 12.0. The second-order valence-electron chi connectivity index (χ2n) is 5.46. The standard InChI is InChI=1S/C16H20N2O3/c1-10(2)9-17-15(19)11(3)21-16(20)14-8-12-6-4-5-7-13(12)18-14/h4-8,10-11,18H,9H2,1-3H3,(H,17,19). The van der Waals surface area contributed by atoms with Crippen LogP contribution >= 0.6 is 0 Å². The van der Waals surface area contributed by atoms with Crippen molar-refractivity contribution >= 4 is 22.8 Å². The van der Waals surface area contributed by atoms with Crippen molar-refractivity contribution in [3.8, 4) is 0 Å². The van der Waals surface area contributed by atoms with Crippen LogP contribution in [0.1, 0.15) is 31.3 Å². The first-order valence-electron chi connectivity index (χ1n) is 7.04. The minimum absolute atomic E-state index is 0.284. The fourth-order valence-electron chi connectivity index (χ4n) is 1.91. The van der Waals surface area contributed by atoms with E-state index in [0.29, 0.717) is 18.2 Å². The van der Waals surface area contributed by atoms with E-state index in [2.05, 4.69) is 10.3 Å². The number of aromatic amines is 1. The molecule has 0 aliphatic carbocycles. The van der Waals surface area contributed by atoms with Gasteiger partial charge in [-0.3, -0.25) is 4.79 Å². The minimum atomic E-state index is -0.817. The molecule has 1 unspecified atom stereocenters. The van der Waals surface area contributed by atoms with E-state index in [1.807, 2.05) is 38.1 Å². The molecule has 0 spiro atoms. The van der Waals surface area contributed by atoms with Gasteiger partial charge in [0, 0.05) is 17.4 Å². The Bertz CT molecular complexity index is 613.